The van der Waals surface area contributed by atoms with Crippen molar-refractivity contribution in [1.29, 1.82) is 0 Å². The number of H-pyrrole nitrogens is 2. The summed E-state index contributed by atoms with van der Waals surface area (Å²) in [6.07, 6.45) is 1.63. The molecular weight excluding hydrogens is 346 g/mol. The van der Waals surface area contributed by atoms with Crippen LogP contribution in [0.2, 0.25) is 0 Å². The number of pyridine rings is 2. The Kier molecular flexibility index (Phi) is 3.23. The first-order chi connectivity index (χ1) is 12.7. The Hall–Kier alpha value is -3.32. The first-order valence-electron chi connectivity index (χ1n) is 8.09. The number of fused-ring (bicyclic) bond motifs is 2. The van der Waals surface area contributed by atoms with E-state index in [0.29, 0.717) is 11.0 Å². The first-order valence-corrected chi connectivity index (χ1v) is 8.91. The summed E-state index contributed by atoms with van der Waals surface area (Å²) >= 11 is 1.68. The molecule has 0 atom stereocenters. The molecule has 0 saturated heterocycles. The van der Waals surface area contributed by atoms with Crippen LogP contribution in [0.1, 0.15) is 4.88 Å². The normalized spacial score (nSPS) is 11.4. The van der Waals surface area contributed by atoms with Crippen molar-refractivity contribution in [2.75, 3.05) is 0 Å². The smallest absolute Gasteiger partial charge is 0.191 e. The average Bonchev–Trinajstić information content (AvgIpc) is 3.29. The topological polar surface area (TPSA) is 87.3 Å². The third kappa shape index (κ3) is 2.33. The van der Waals surface area contributed by atoms with E-state index in [2.05, 4.69) is 39.5 Å². The Balaban J connectivity index is 1.86. The minimum absolute atomic E-state index is 0.0503. The molecule has 26 heavy (non-hydrogen) atoms. The number of hydrogen-bond donors (Lipinski definition) is 2. The van der Waals surface area contributed by atoms with Crippen LogP contribution in [-0.4, -0.2) is 25.4 Å². The molecule has 7 heteroatoms. The maximum absolute atomic E-state index is 12.3. The fourth-order valence-corrected chi connectivity index (χ4v) is 3.95. The molecule has 1 aromatic carbocycles. The van der Waals surface area contributed by atoms with Gasteiger partial charge in [-0.15, -0.1) is 16.4 Å². The Morgan fingerprint density at radius 2 is 2.00 bits per heavy atom. The Labute approximate surface area is 151 Å². The number of aromatic amines is 2. The molecule has 0 aliphatic carbocycles. The molecular formula is C19H13N5OS. The van der Waals surface area contributed by atoms with Gasteiger partial charge >= 0.3 is 0 Å². The molecule has 0 saturated carbocycles. The second-order valence-corrected chi connectivity index (χ2v) is 7.36. The minimum Gasteiger partial charge on any atom is -0.346 e. The monoisotopic (exact) mass is 359 g/mol. The van der Waals surface area contributed by atoms with E-state index in [1.165, 1.54) is 10.9 Å². The summed E-state index contributed by atoms with van der Waals surface area (Å²) in [5.41, 5.74) is 4.91. The van der Waals surface area contributed by atoms with Gasteiger partial charge in [0, 0.05) is 22.7 Å². The second-order valence-electron chi connectivity index (χ2n) is 6.08. The molecule has 6 nitrogen and oxygen atoms in total. The van der Waals surface area contributed by atoms with E-state index in [4.69, 9.17) is 4.98 Å². The van der Waals surface area contributed by atoms with Gasteiger partial charge in [0.1, 0.15) is 11.2 Å². The number of hydrogen-bond acceptors (Lipinski definition) is 5. The molecule has 5 aromatic rings. The fraction of sp³-hybridized carbons (Fsp3) is 0.0526. The van der Waals surface area contributed by atoms with E-state index in [0.717, 1.165) is 32.7 Å². The Bertz CT molecular complexity index is 1330. The number of nitrogens with one attached hydrogen (secondary N) is 2. The van der Waals surface area contributed by atoms with Crippen molar-refractivity contribution in [3.8, 4) is 21.7 Å². The molecule has 0 spiro atoms. The number of rotatable bonds is 2. The maximum atomic E-state index is 12.3. The van der Waals surface area contributed by atoms with Crippen LogP contribution in [0.25, 0.3) is 43.8 Å². The quantitative estimate of drug-likeness (QED) is 0.500. The van der Waals surface area contributed by atoms with Crippen LogP contribution in [0.5, 0.6) is 0 Å². The average molecular weight is 359 g/mol. The van der Waals surface area contributed by atoms with Crippen LogP contribution in [0.3, 0.4) is 0 Å². The Morgan fingerprint density at radius 3 is 2.85 bits per heavy atom. The summed E-state index contributed by atoms with van der Waals surface area (Å²) in [5.74, 6) is 0. The van der Waals surface area contributed by atoms with Crippen LogP contribution in [-0.2, 0) is 0 Å². The van der Waals surface area contributed by atoms with Crippen molar-refractivity contribution >= 4 is 33.4 Å². The van der Waals surface area contributed by atoms with Gasteiger partial charge in [-0.3, -0.25) is 9.89 Å². The molecule has 0 fully saturated rings. The van der Waals surface area contributed by atoms with Gasteiger partial charge in [0.2, 0.25) is 0 Å². The van der Waals surface area contributed by atoms with Gasteiger partial charge in [-0.1, -0.05) is 11.3 Å². The zero-order valence-electron chi connectivity index (χ0n) is 13.8. The highest BCUT2D eigenvalue weighted by molar-refractivity contribution is 7.15. The molecule has 4 aromatic heterocycles. The lowest BCUT2D eigenvalue weighted by Gasteiger charge is -2.10. The fourth-order valence-electron chi connectivity index (χ4n) is 3.08. The van der Waals surface area contributed by atoms with Crippen LogP contribution in [0, 0.1) is 6.92 Å². The van der Waals surface area contributed by atoms with Gasteiger partial charge in [0.15, 0.2) is 5.43 Å². The number of benzene rings is 1. The molecule has 5 rings (SSSR count). The number of nitrogens with zero attached hydrogens (tertiary/aromatic N) is 3. The molecule has 0 radical (unpaired) electrons. The molecule has 0 aliphatic rings. The molecule has 0 aliphatic heterocycles. The van der Waals surface area contributed by atoms with E-state index >= 15 is 0 Å². The highest BCUT2D eigenvalue weighted by atomic mass is 32.1. The van der Waals surface area contributed by atoms with E-state index in [1.54, 1.807) is 17.5 Å². The van der Waals surface area contributed by atoms with Crippen molar-refractivity contribution in [2.24, 2.45) is 0 Å². The van der Waals surface area contributed by atoms with Gasteiger partial charge in [0.05, 0.1) is 21.5 Å². The SMILES string of the molecule is Cc1ccc(-c2nc3[nH]ccc(=O)c3cc2-c2ccc3nn[nH]c3c2)s1. The van der Waals surface area contributed by atoms with Crippen LogP contribution in [0.4, 0.5) is 0 Å². The molecule has 0 amide bonds. The second kappa shape index (κ2) is 5.60. The van der Waals surface area contributed by atoms with Gasteiger partial charge in [-0.05, 0) is 42.8 Å². The molecule has 126 valence electrons. The van der Waals surface area contributed by atoms with Gasteiger partial charge in [0.25, 0.3) is 0 Å². The summed E-state index contributed by atoms with van der Waals surface area (Å²) in [6.45, 7) is 2.07. The zero-order chi connectivity index (χ0) is 17.7. The minimum atomic E-state index is -0.0503. The largest absolute Gasteiger partial charge is 0.346 e. The van der Waals surface area contributed by atoms with Crippen LogP contribution < -0.4 is 5.43 Å². The molecule has 0 bridgehead atoms. The van der Waals surface area contributed by atoms with Crippen LogP contribution in [0.15, 0.2) is 53.5 Å². The standard InChI is InChI=1S/C19H13N5OS/c1-10-2-5-17(26-10)18-12(9-13-16(25)6-7-20-19(13)21-18)11-3-4-14-15(8-11)23-24-22-14/h2-9H,1H3,(H,20,21,25)(H,22,23,24). The molecule has 2 N–H and O–H groups in total. The van der Waals surface area contributed by atoms with Crippen LogP contribution >= 0.6 is 11.3 Å². The number of aryl methyl sites for hydroxylation is 1. The lowest BCUT2D eigenvalue weighted by atomic mass is 10.0. The van der Waals surface area contributed by atoms with E-state index in [-0.39, 0.29) is 5.43 Å². The van der Waals surface area contributed by atoms with Gasteiger partial charge < -0.3 is 4.98 Å². The summed E-state index contributed by atoms with van der Waals surface area (Å²) < 4.78 is 0. The maximum Gasteiger partial charge on any atom is 0.191 e. The van der Waals surface area contributed by atoms with E-state index in [9.17, 15) is 4.79 Å². The van der Waals surface area contributed by atoms with Gasteiger partial charge in [-0.2, -0.15) is 0 Å². The summed E-state index contributed by atoms with van der Waals surface area (Å²) in [6, 6.07) is 13.5. The summed E-state index contributed by atoms with van der Waals surface area (Å²) in [4.78, 5) is 22.4. The lowest BCUT2D eigenvalue weighted by Crippen LogP contribution is -2.03. The van der Waals surface area contributed by atoms with Crippen molar-refractivity contribution in [2.45, 2.75) is 6.92 Å². The highest BCUT2D eigenvalue weighted by Gasteiger charge is 2.15. The predicted octanol–water partition coefficient (Wildman–Crippen LogP) is 3.90. The van der Waals surface area contributed by atoms with E-state index in [1.807, 2.05) is 24.3 Å². The van der Waals surface area contributed by atoms with Crippen molar-refractivity contribution in [3.05, 3.63) is 63.8 Å². The zero-order valence-corrected chi connectivity index (χ0v) is 14.6. The summed E-state index contributed by atoms with van der Waals surface area (Å²) in [5, 5.41) is 11.3. The first kappa shape index (κ1) is 15.0. The highest BCUT2D eigenvalue weighted by Crippen LogP contribution is 2.36. The van der Waals surface area contributed by atoms with E-state index < -0.39 is 0 Å². The number of aromatic nitrogens is 5. The molecule has 4 heterocycles. The van der Waals surface area contributed by atoms with Crippen molar-refractivity contribution in [1.82, 2.24) is 25.4 Å². The third-order valence-electron chi connectivity index (χ3n) is 4.35. The van der Waals surface area contributed by atoms with Crippen molar-refractivity contribution in [3.63, 3.8) is 0 Å². The van der Waals surface area contributed by atoms with Gasteiger partial charge in [-0.25, -0.2) is 4.98 Å². The summed E-state index contributed by atoms with van der Waals surface area (Å²) in [7, 11) is 0. The predicted molar refractivity (Wildman–Crippen MR) is 103 cm³/mol. The number of thiophene rings is 1. The third-order valence-corrected chi connectivity index (χ3v) is 5.36. The van der Waals surface area contributed by atoms with Crippen molar-refractivity contribution < 1.29 is 0 Å². The lowest BCUT2D eigenvalue weighted by molar-refractivity contribution is 0.959. The molecule has 0 unspecified atom stereocenters. The Morgan fingerprint density at radius 1 is 1.08 bits per heavy atom.